The molecule has 34 heavy (non-hydrogen) atoms. The number of para-hydroxylation sites is 1. The Hall–Kier alpha value is -3.60. The normalized spacial score (nSPS) is 11.5. The van der Waals surface area contributed by atoms with Crippen LogP contribution in [0.15, 0.2) is 78.9 Å². The van der Waals surface area contributed by atoms with Crippen LogP contribution in [0.25, 0.3) is 0 Å². The van der Waals surface area contributed by atoms with Crippen LogP contribution >= 0.6 is 0 Å². The Morgan fingerprint density at radius 1 is 0.912 bits per heavy atom. The third kappa shape index (κ3) is 7.20. The van der Waals surface area contributed by atoms with Gasteiger partial charge in [-0.1, -0.05) is 85.3 Å². The van der Waals surface area contributed by atoms with Crippen LogP contribution in [0, 0.1) is 13.8 Å². The molecule has 0 aliphatic heterocycles. The Kier molecular flexibility index (Phi) is 9.27. The monoisotopic (exact) mass is 458 g/mol. The molecule has 5 nitrogen and oxygen atoms in total. The smallest absolute Gasteiger partial charge is 0.261 e. The van der Waals surface area contributed by atoms with Gasteiger partial charge < -0.3 is 15.0 Å². The quantitative estimate of drug-likeness (QED) is 0.447. The van der Waals surface area contributed by atoms with Crippen LogP contribution in [-0.4, -0.2) is 35.9 Å². The van der Waals surface area contributed by atoms with E-state index in [4.69, 9.17) is 4.74 Å². The van der Waals surface area contributed by atoms with E-state index in [1.807, 2.05) is 99.6 Å². The molecule has 0 fully saturated rings. The van der Waals surface area contributed by atoms with Crippen molar-refractivity contribution in [2.45, 2.75) is 46.2 Å². The molecule has 0 saturated heterocycles. The number of nitrogens with one attached hydrogen (secondary N) is 1. The van der Waals surface area contributed by atoms with Crippen molar-refractivity contribution < 1.29 is 14.3 Å². The van der Waals surface area contributed by atoms with E-state index >= 15 is 0 Å². The zero-order valence-corrected chi connectivity index (χ0v) is 20.3. The molecule has 3 aromatic rings. The van der Waals surface area contributed by atoms with E-state index in [1.54, 1.807) is 4.90 Å². The summed E-state index contributed by atoms with van der Waals surface area (Å²) in [5.41, 5.74) is 4.05. The first-order chi connectivity index (χ1) is 16.5. The summed E-state index contributed by atoms with van der Waals surface area (Å²) in [6, 6.07) is 24.8. The lowest BCUT2D eigenvalue weighted by Gasteiger charge is -2.31. The first-order valence-electron chi connectivity index (χ1n) is 11.8. The van der Waals surface area contributed by atoms with Crippen LogP contribution in [0.3, 0.4) is 0 Å². The highest BCUT2D eigenvalue weighted by Crippen LogP contribution is 2.19. The molecule has 0 aromatic heterocycles. The summed E-state index contributed by atoms with van der Waals surface area (Å²) in [6.07, 6.45) is 1.25. The third-order valence-corrected chi connectivity index (χ3v) is 5.70. The van der Waals surface area contributed by atoms with Gasteiger partial charge in [0.1, 0.15) is 11.8 Å². The van der Waals surface area contributed by atoms with Crippen molar-refractivity contribution in [3.05, 3.63) is 101 Å². The van der Waals surface area contributed by atoms with Crippen LogP contribution in [-0.2, 0) is 22.6 Å². The number of carbonyl (C=O) groups is 2. The second-order valence-electron chi connectivity index (χ2n) is 8.56. The molecular weight excluding hydrogens is 424 g/mol. The number of hydrogen-bond acceptors (Lipinski definition) is 3. The molecule has 0 bridgehead atoms. The SMILES string of the molecule is CCCNC(=O)[C@H](Cc1ccccc1)N(Cc1cccc(C)c1)C(=O)COc1ccccc1C. The van der Waals surface area contributed by atoms with E-state index < -0.39 is 6.04 Å². The van der Waals surface area contributed by atoms with Crippen molar-refractivity contribution >= 4 is 11.8 Å². The van der Waals surface area contributed by atoms with Crippen molar-refractivity contribution in [2.75, 3.05) is 13.2 Å². The molecule has 178 valence electrons. The van der Waals surface area contributed by atoms with Crippen LogP contribution in [0.2, 0.25) is 0 Å². The van der Waals surface area contributed by atoms with Gasteiger partial charge in [0.2, 0.25) is 5.91 Å². The van der Waals surface area contributed by atoms with Crippen LogP contribution in [0.5, 0.6) is 5.75 Å². The molecule has 2 amide bonds. The van der Waals surface area contributed by atoms with Gasteiger partial charge in [-0.25, -0.2) is 0 Å². The van der Waals surface area contributed by atoms with Crippen LogP contribution < -0.4 is 10.1 Å². The summed E-state index contributed by atoms with van der Waals surface area (Å²) < 4.78 is 5.88. The highest BCUT2D eigenvalue weighted by Gasteiger charge is 2.30. The molecule has 0 aliphatic rings. The predicted octanol–water partition coefficient (Wildman–Crippen LogP) is 4.85. The number of rotatable bonds is 11. The number of ether oxygens (including phenoxy) is 1. The first kappa shape index (κ1) is 25.0. The molecule has 0 spiro atoms. The van der Waals surface area contributed by atoms with Gasteiger partial charge in [-0.2, -0.15) is 0 Å². The summed E-state index contributed by atoms with van der Waals surface area (Å²) in [6.45, 7) is 6.74. The first-order valence-corrected chi connectivity index (χ1v) is 11.8. The molecule has 1 N–H and O–H groups in total. The summed E-state index contributed by atoms with van der Waals surface area (Å²) in [4.78, 5) is 28.5. The van der Waals surface area contributed by atoms with Gasteiger partial charge >= 0.3 is 0 Å². The van der Waals surface area contributed by atoms with Gasteiger partial charge in [0, 0.05) is 19.5 Å². The van der Waals surface area contributed by atoms with Crippen molar-refractivity contribution in [3.63, 3.8) is 0 Å². The lowest BCUT2D eigenvalue weighted by atomic mass is 10.0. The number of aryl methyl sites for hydroxylation is 2. The van der Waals surface area contributed by atoms with Crippen LogP contribution in [0.4, 0.5) is 0 Å². The van der Waals surface area contributed by atoms with Crippen molar-refractivity contribution in [3.8, 4) is 5.75 Å². The van der Waals surface area contributed by atoms with E-state index in [-0.39, 0.29) is 18.4 Å². The molecule has 0 radical (unpaired) electrons. The molecule has 5 heteroatoms. The lowest BCUT2D eigenvalue weighted by molar-refractivity contribution is -0.142. The maximum Gasteiger partial charge on any atom is 0.261 e. The summed E-state index contributed by atoms with van der Waals surface area (Å²) in [5.74, 6) is 0.293. The maximum atomic E-state index is 13.5. The van der Waals surface area contributed by atoms with E-state index in [2.05, 4.69) is 5.32 Å². The number of carbonyl (C=O) groups excluding carboxylic acids is 2. The second-order valence-corrected chi connectivity index (χ2v) is 8.56. The third-order valence-electron chi connectivity index (χ3n) is 5.70. The van der Waals surface area contributed by atoms with Gasteiger partial charge in [-0.15, -0.1) is 0 Å². The topological polar surface area (TPSA) is 58.6 Å². The Labute approximate surface area is 202 Å². The summed E-state index contributed by atoms with van der Waals surface area (Å²) in [5, 5.41) is 2.99. The molecular formula is C29H34N2O3. The molecule has 3 rings (SSSR count). The number of amides is 2. The number of nitrogens with zero attached hydrogens (tertiary/aromatic N) is 1. The van der Waals surface area contributed by atoms with E-state index in [1.165, 1.54) is 0 Å². The molecule has 0 unspecified atom stereocenters. The van der Waals surface area contributed by atoms with E-state index in [0.717, 1.165) is 28.7 Å². The van der Waals surface area contributed by atoms with Gasteiger partial charge in [-0.05, 0) is 43.0 Å². The van der Waals surface area contributed by atoms with Crippen molar-refractivity contribution in [2.24, 2.45) is 0 Å². The van der Waals surface area contributed by atoms with Gasteiger partial charge in [0.05, 0.1) is 0 Å². The molecule has 0 heterocycles. The molecule has 1 atom stereocenters. The lowest BCUT2D eigenvalue weighted by Crippen LogP contribution is -2.51. The molecule has 0 saturated carbocycles. The zero-order valence-electron chi connectivity index (χ0n) is 20.3. The predicted molar refractivity (Wildman–Crippen MR) is 136 cm³/mol. The standard InChI is InChI=1S/C29H34N2O3/c1-4-17-30-29(33)26(19-24-13-6-5-7-14-24)31(20-25-15-10-11-22(2)18-25)28(32)21-34-27-16-9-8-12-23(27)3/h5-16,18,26H,4,17,19-21H2,1-3H3,(H,30,33)/t26-/m0/s1. The zero-order chi connectivity index (χ0) is 24.3. The summed E-state index contributed by atoms with van der Waals surface area (Å²) >= 11 is 0. The van der Waals surface area contributed by atoms with Crippen LogP contribution in [0.1, 0.15) is 35.6 Å². The Bertz CT molecular complexity index is 1080. The maximum absolute atomic E-state index is 13.5. The fourth-order valence-corrected chi connectivity index (χ4v) is 3.87. The largest absolute Gasteiger partial charge is 0.484 e. The highest BCUT2D eigenvalue weighted by molar-refractivity contribution is 5.88. The number of benzene rings is 3. The summed E-state index contributed by atoms with van der Waals surface area (Å²) in [7, 11) is 0. The van der Waals surface area contributed by atoms with Gasteiger partial charge in [-0.3, -0.25) is 9.59 Å². The fourth-order valence-electron chi connectivity index (χ4n) is 3.87. The average molecular weight is 459 g/mol. The minimum absolute atomic E-state index is 0.136. The Balaban J connectivity index is 1.90. The minimum atomic E-state index is -0.651. The average Bonchev–Trinajstić information content (AvgIpc) is 2.84. The van der Waals surface area contributed by atoms with E-state index in [9.17, 15) is 9.59 Å². The van der Waals surface area contributed by atoms with Crippen molar-refractivity contribution in [1.29, 1.82) is 0 Å². The van der Waals surface area contributed by atoms with Crippen molar-refractivity contribution in [1.82, 2.24) is 10.2 Å². The van der Waals surface area contributed by atoms with Gasteiger partial charge in [0.25, 0.3) is 5.91 Å². The molecule has 3 aromatic carbocycles. The highest BCUT2D eigenvalue weighted by atomic mass is 16.5. The number of hydrogen-bond donors (Lipinski definition) is 1. The van der Waals surface area contributed by atoms with E-state index in [0.29, 0.717) is 25.3 Å². The fraction of sp³-hybridized carbons (Fsp3) is 0.310. The Morgan fingerprint density at radius 3 is 2.32 bits per heavy atom. The minimum Gasteiger partial charge on any atom is -0.484 e. The van der Waals surface area contributed by atoms with Gasteiger partial charge in [0.15, 0.2) is 6.61 Å². The second kappa shape index (κ2) is 12.6. The Morgan fingerprint density at radius 2 is 1.62 bits per heavy atom. The molecule has 0 aliphatic carbocycles.